The van der Waals surface area contributed by atoms with E-state index in [0.29, 0.717) is 16.1 Å². The number of aliphatic carboxylic acids is 1. The van der Waals surface area contributed by atoms with E-state index in [1.54, 1.807) is 6.07 Å². The number of rotatable bonds is 5. The van der Waals surface area contributed by atoms with Crippen LogP contribution in [-0.4, -0.2) is 11.1 Å². The highest BCUT2D eigenvalue weighted by atomic mass is 35.5. The van der Waals surface area contributed by atoms with Crippen LogP contribution in [0, 0.1) is 5.41 Å². The molecule has 1 aliphatic carbocycles. The number of benzene rings is 1. The van der Waals surface area contributed by atoms with Crippen LogP contribution in [0.2, 0.25) is 5.02 Å². The maximum absolute atomic E-state index is 11.0. The molecule has 1 aliphatic rings. The molecule has 98 valence electrons. The summed E-state index contributed by atoms with van der Waals surface area (Å²) in [6.45, 7) is 2.21. The molecule has 0 amide bonds. The second kappa shape index (κ2) is 4.81. The van der Waals surface area contributed by atoms with Crippen molar-refractivity contribution in [3.8, 4) is 0 Å². The zero-order chi connectivity index (χ0) is 13.3. The highest BCUT2D eigenvalue weighted by molar-refractivity contribution is 6.33. The first-order chi connectivity index (χ1) is 8.39. The minimum Gasteiger partial charge on any atom is -0.481 e. The Kier molecular flexibility index (Phi) is 3.53. The summed E-state index contributed by atoms with van der Waals surface area (Å²) in [6.07, 6.45) is 3.43. The summed E-state index contributed by atoms with van der Waals surface area (Å²) in [6, 6.07) is 5.44. The van der Waals surface area contributed by atoms with E-state index >= 15 is 0 Å². The lowest BCUT2D eigenvalue weighted by Crippen LogP contribution is -2.11. The lowest BCUT2D eigenvalue weighted by atomic mass is 9.85. The summed E-state index contributed by atoms with van der Waals surface area (Å²) >= 11 is 5.90. The highest BCUT2D eigenvalue weighted by Crippen LogP contribution is 2.52. The minimum atomic E-state index is -0.766. The summed E-state index contributed by atoms with van der Waals surface area (Å²) in [5, 5.41) is 9.55. The molecule has 0 heterocycles. The molecule has 3 N–H and O–H groups in total. The van der Waals surface area contributed by atoms with E-state index in [4.69, 9.17) is 22.4 Å². The van der Waals surface area contributed by atoms with Crippen LogP contribution in [0.25, 0.3) is 0 Å². The molecule has 0 aromatic heterocycles. The van der Waals surface area contributed by atoms with Crippen molar-refractivity contribution in [1.29, 1.82) is 0 Å². The van der Waals surface area contributed by atoms with Crippen molar-refractivity contribution >= 4 is 23.3 Å². The van der Waals surface area contributed by atoms with Crippen LogP contribution in [0.3, 0.4) is 0 Å². The molecule has 0 bridgehead atoms. The number of nitrogen functional groups attached to an aromatic ring is 1. The largest absolute Gasteiger partial charge is 0.481 e. The van der Waals surface area contributed by atoms with Crippen molar-refractivity contribution in [1.82, 2.24) is 0 Å². The lowest BCUT2D eigenvalue weighted by molar-refractivity contribution is -0.137. The number of carbonyl (C=O) groups is 1. The zero-order valence-electron chi connectivity index (χ0n) is 10.4. The molecule has 4 heteroatoms. The number of carboxylic acid groups (broad SMARTS) is 1. The van der Waals surface area contributed by atoms with Gasteiger partial charge in [-0.25, -0.2) is 0 Å². The third kappa shape index (κ3) is 3.16. The van der Waals surface area contributed by atoms with E-state index in [-0.39, 0.29) is 12.3 Å². The van der Waals surface area contributed by atoms with Gasteiger partial charge in [0.25, 0.3) is 0 Å². The number of carboxylic acids is 1. The van der Waals surface area contributed by atoms with E-state index in [0.717, 1.165) is 12.0 Å². The summed E-state index contributed by atoms with van der Waals surface area (Å²) in [7, 11) is 0. The van der Waals surface area contributed by atoms with Crippen molar-refractivity contribution in [2.24, 2.45) is 5.41 Å². The van der Waals surface area contributed by atoms with Gasteiger partial charge in [-0.3, -0.25) is 4.79 Å². The zero-order valence-corrected chi connectivity index (χ0v) is 11.2. The molecular formula is C14H18ClNO2. The van der Waals surface area contributed by atoms with Gasteiger partial charge in [-0.05, 0) is 48.3 Å². The maximum atomic E-state index is 11.0. The first-order valence-corrected chi connectivity index (χ1v) is 6.54. The molecule has 0 radical (unpaired) electrons. The molecule has 18 heavy (non-hydrogen) atoms. The number of hydrogen-bond acceptors (Lipinski definition) is 2. The van der Waals surface area contributed by atoms with Gasteiger partial charge in [0.15, 0.2) is 0 Å². The Bertz CT molecular complexity index is 469. The summed E-state index contributed by atoms with van der Waals surface area (Å²) in [5.74, 6) is -0.743. The molecule has 1 aromatic carbocycles. The number of nitrogens with two attached hydrogens (primary N) is 1. The van der Waals surface area contributed by atoms with Crippen molar-refractivity contribution in [2.75, 3.05) is 5.73 Å². The van der Waals surface area contributed by atoms with Crippen molar-refractivity contribution < 1.29 is 9.90 Å². The molecular weight excluding hydrogens is 250 g/mol. The first-order valence-electron chi connectivity index (χ1n) is 6.16. The van der Waals surface area contributed by atoms with Crippen LogP contribution in [0.4, 0.5) is 5.69 Å². The smallest absolute Gasteiger partial charge is 0.303 e. The fraction of sp³-hybridized carbons (Fsp3) is 0.500. The molecule has 1 atom stereocenters. The molecule has 3 nitrogen and oxygen atoms in total. The van der Waals surface area contributed by atoms with Crippen LogP contribution in [-0.2, 0) is 4.79 Å². The van der Waals surface area contributed by atoms with Crippen molar-refractivity contribution in [3.05, 3.63) is 28.8 Å². The Labute approximate surface area is 112 Å². The normalized spacial score (nSPS) is 18.3. The molecule has 1 aromatic rings. The summed E-state index contributed by atoms with van der Waals surface area (Å²) < 4.78 is 0. The standard InChI is InChI=1S/C14H18ClNO2/c1-14(4-5-14)8-10(7-13(17)18)9-2-3-11(15)12(16)6-9/h2-3,6,10H,4-5,7-8,16H2,1H3,(H,17,18). The van der Waals surface area contributed by atoms with Gasteiger partial charge in [-0.2, -0.15) is 0 Å². The van der Waals surface area contributed by atoms with Crippen LogP contribution in [0.15, 0.2) is 18.2 Å². The van der Waals surface area contributed by atoms with Gasteiger partial charge in [-0.1, -0.05) is 24.6 Å². The van der Waals surface area contributed by atoms with Crippen LogP contribution in [0.5, 0.6) is 0 Å². The number of hydrogen-bond donors (Lipinski definition) is 2. The third-order valence-electron chi connectivity index (χ3n) is 3.76. The quantitative estimate of drug-likeness (QED) is 0.800. The Morgan fingerprint density at radius 2 is 2.22 bits per heavy atom. The van der Waals surface area contributed by atoms with Crippen molar-refractivity contribution in [3.63, 3.8) is 0 Å². The third-order valence-corrected chi connectivity index (χ3v) is 4.10. The van der Waals surface area contributed by atoms with Gasteiger partial charge >= 0.3 is 5.97 Å². The molecule has 1 unspecified atom stereocenters. The number of halogens is 1. The Morgan fingerprint density at radius 1 is 1.56 bits per heavy atom. The maximum Gasteiger partial charge on any atom is 0.303 e. The second-order valence-electron chi connectivity index (χ2n) is 5.59. The molecule has 1 fully saturated rings. The predicted molar refractivity (Wildman–Crippen MR) is 72.8 cm³/mol. The Balaban J connectivity index is 2.20. The topological polar surface area (TPSA) is 63.3 Å². The van der Waals surface area contributed by atoms with Crippen LogP contribution < -0.4 is 5.73 Å². The van der Waals surface area contributed by atoms with E-state index < -0.39 is 5.97 Å². The van der Waals surface area contributed by atoms with Gasteiger partial charge < -0.3 is 10.8 Å². The van der Waals surface area contributed by atoms with E-state index in [2.05, 4.69) is 6.92 Å². The molecule has 0 saturated heterocycles. The minimum absolute atomic E-state index is 0.0227. The molecule has 0 aliphatic heterocycles. The SMILES string of the molecule is CC1(CC(CC(=O)O)c2ccc(Cl)c(N)c2)CC1. The molecule has 2 rings (SSSR count). The van der Waals surface area contributed by atoms with Gasteiger partial charge in [-0.15, -0.1) is 0 Å². The second-order valence-corrected chi connectivity index (χ2v) is 6.00. The first kappa shape index (κ1) is 13.2. The fourth-order valence-electron chi connectivity index (χ4n) is 2.35. The molecule has 0 spiro atoms. The van der Waals surface area contributed by atoms with E-state index in [1.165, 1.54) is 12.8 Å². The average Bonchev–Trinajstić information content (AvgIpc) is 2.99. The lowest BCUT2D eigenvalue weighted by Gasteiger charge is -2.20. The van der Waals surface area contributed by atoms with Gasteiger partial charge in [0.2, 0.25) is 0 Å². The van der Waals surface area contributed by atoms with E-state index in [1.807, 2.05) is 12.1 Å². The van der Waals surface area contributed by atoms with Gasteiger partial charge in [0.05, 0.1) is 17.1 Å². The average molecular weight is 268 g/mol. The van der Waals surface area contributed by atoms with Crippen LogP contribution in [0.1, 0.15) is 44.1 Å². The van der Waals surface area contributed by atoms with E-state index in [9.17, 15) is 4.79 Å². The Hall–Kier alpha value is -1.22. The fourth-order valence-corrected chi connectivity index (χ4v) is 2.46. The number of anilines is 1. The van der Waals surface area contributed by atoms with Gasteiger partial charge in [0, 0.05) is 0 Å². The highest BCUT2D eigenvalue weighted by Gasteiger charge is 2.39. The predicted octanol–water partition coefficient (Wildman–Crippen LogP) is 3.67. The molecule has 1 saturated carbocycles. The summed E-state index contributed by atoms with van der Waals surface area (Å²) in [5.41, 5.74) is 7.60. The van der Waals surface area contributed by atoms with Crippen LogP contribution >= 0.6 is 11.6 Å². The summed E-state index contributed by atoms with van der Waals surface area (Å²) in [4.78, 5) is 11.0. The van der Waals surface area contributed by atoms with Crippen molar-refractivity contribution in [2.45, 2.75) is 38.5 Å². The monoisotopic (exact) mass is 267 g/mol. The van der Waals surface area contributed by atoms with Gasteiger partial charge in [0.1, 0.15) is 0 Å². The Morgan fingerprint density at radius 3 is 2.72 bits per heavy atom.